The Morgan fingerprint density at radius 1 is 1.10 bits per heavy atom. The van der Waals surface area contributed by atoms with Crippen molar-refractivity contribution in [2.45, 2.75) is 13.1 Å². The van der Waals surface area contributed by atoms with Crippen molar-refractivity contribution in [1.82, 2.24) is 0 Å². The highest BCUT2D eigenvalue weighted by atomic mass is 19.4. The Morgan fingerprint density at radius 2 is 1.71 bits per heavy atom. The van der Waals surface area contributed by atoms with E-state index in [1.807, 2.05) is 6.92 Å². The van der Waals surface area contributed by atoms with Crippen molar-refractivity contribution >= 4 is 17.3 Å². The molecule has 0 unspecified atom stereocenters. The molecule has 3 N–H and O–H groups in total. The van der Waals surface area contributed by atoms with Gasteiger partial charge < -0.3 is 11.1 Å². The zero-order valence-corrected chi connectivity index (χ0v) is 11.2. The number of carbonyl (C=O) groups excluding carboxylic acids is 1. The number of nitrogen functional groups attached to an aromatic ring is 1. The zero-order valence-electron chi connectivity index (χ0n) is 11.2. The fourth-order valence-electron chi connectivity index (χ4n) is 1.76. The number of amides is 1. The Morgan fingerprint density at radius 3 is 2.29 bits per heavy atom. The van der Waals surface area contributed by atoms with Crippen LogP contribution in [0.4, 0.5) is 24.5 Å². The fraction of sp³-hybridized carbons (Fsp3) is 0.133. The van der Waals surface area contributed by atoms with Gasteiger partial charge in [-0.15, -0.1) is 0 Å². The molecule has 21 heavy (non-hydrogen) atoms. The third-order valence-electron chi connectivity index (χ3n) is 2.93. The SMILES string of the molecule is Cc1ccc(NC(=O)c2cc(C(F)(F)F)ccc2N)cc1. The molecule has 0 saturated carbocycles. The Labute approximate surface area is 119 Å². The van der Waals surface area contributed by atoms with Gasteiger partial charge in [-0.25, -0.2) is 0 Å². The number of hydrogen-bond acceptors (Lipinski definition) is 2. The summed E-state index contributed by atoms with van der Waals surface area (Å²) in [5.41, 5.74) is 5.96. The molecule has 0 atom stereocenters. The number of alkyl halides is 3. The third kappa shape index (κ3) is 3.53. The first-order valence-corrected chi connectivity index (χ1v) is 6.12. The van der Waals surface area contributed by atoms with Gasteiger partial charge in [-0.05, 0) is 37.3 Å². The molecule has 0 bridgehead atoms. The smallest absolute Gasteiger partial charge is 0.398 e. The Hall–Kier alpha value is -2.50. The summed E-state index contributed by atoms with van der Waals surface area (Å²) in [6.07, 6.45) is -4.52. The van der Waals surface area contributed by atoms with E-state index in [-0.39, 0.29) is 11.3 Å². The van der Waals surface area contributed by atoms with E-state index in [4.69, 9.17) is 5.73 Å². The number of nitrogens with two attached hydrogens (primary N) is 1. The normalized spacial score (nSPS) is 11.2. The molecule has 0 radical (unpaired) electrons. The first kappa shape index (κ1) is 14.9. The summed E-state index contributed by atoms with van der Waals surface area (Å²) in [5, 5.41) is 2.52. The quantitative estimate of drug-likeness (QED) is 0.827. The van der Waals surface area contributed by atoms with Crippen molar-refractivity contribution in [1.29, 1.82) is 0 Å². The summed E-state index contributed by atoms with van der Waals surface area (Å²) in [7, 11) is 0. The molecule has 2 aromatic rings. The Bertz CT molecular complexity index is 664. The Kier molecular flexibility index (Phi) is 3.88. The van der Waals surface area contributed by atoms with Gasteiger partial charge in [0.2, 0.25) is 0 Å². The summed E-state index contributed by atoms with van der Waals surface area (Å²) >= 11 is 0. The van der Waals surface area contributed by atoms with Crippen LogP contribution in [0.5, 0.6) is 0 Å². The van der Waals surface area contributed by atoms with E-state index in [1.165, 1.54) is 0 Å². The summed E-state index contributed by atoms with van der Waals surface area (Å²) in [4.78, 5) is 12.0. The van der Waals surface area contributed by atoms with Gasteiger partial charge in [0.1, 0.15) is 0 Å². The summed E-state index contributed by atoms with van der Waals surface area (Å²) in [6, 6.07) is 9.56. The minimum atomic E-state index is -4.52. The summed E-state index contributed by atoms with van der Waals surface area (Å²) < 4.78 is 38.0. The zero-order chi connectivity index (χ0) is 15.6. The molecule has 6 heteroatoms. The average Bonchev–Trinajstić information content (AvgIpc) is 2.40. The van der Waals surface area contributed by atoms with E-state index in [0.29, 0.717) is 5.69 Å². The number of aryl methyl sites for hydroxylation is 1. The molecule has 0 spiro atoms. The monoisotopic (exact) mass is 294 g/mol. The maximum absolute atomic E-state index is 12.7. The third-order valence-corrected chi connectivity index (χ3v) is 2.93. The van der Waals surface area contributed by atoms with E-state index in [1.54, 1.807) is 24.3 Å². The number of nitrogens with one attached hydrogen (secondary N) is 1. The summed E-state index contributed by atoms with van der Waals surface area (Å²) in [5.74, 6) is -0.678. The van der Waals surface area contributed by atoms with E-state index >= 15 is 0 Å². The molecule has 1 amide bonds. The van der Waals surface area contributed by atoms with Crippen LogP contribution in [-0.2, 0) is 6.18 Å². The number of hydrogen-bond donors (Lipinski definition) is 2. The molecular weight excluding hydrogens is 281 g/mol. The van der Waals surface area contributed by atoms with Crippen LogP contribution in [0.1, 0.15) is 21.5 Å². The average molecular weight is 294 g/mol. The minimum Gasteiger partial charge on any atom is -0.398 e. The highest BCUT2D eigenvalue weighted by Gasteiger charge is 2.31. The molecule has 0 aromatic heterocycles. The topological polar surface area (TPSA) is 55.1 Å². The van der Waals surface area contributed by atoms with Crippen LogP contribution >= 0.6 is 0 Å². The second-order valence-corrected chi connectivity index (χ2v) is 4.62. The summed E-state index contributed by atoms with van der Waals surface area (Å²) in [6.45, 7) is 1.89. The maximum atomic E-state index is 12.7. The lowest BCUT2D eigenvalue weighted by molar-refractivity contribution is -0.137. The van der Waals surface area contributed by atoms with Crippen LogP contribution in [0.15, 0.2) is 42.5 Å². The minimum absolute atomic E-state index is 0.00684. The predicted octanol–water partition coefficient (Wildman–Crippen LogP) is 3.85. The molecule has 0 saturated heterocycles. The molecule has 0 fully saturated rings. The van der Waals surface area contributed by atoms with E-state index in [2.05, 4.69) is 5.32 Å². The van der Waals surface area contributed by atoms with E-state index in [0.717, 1.165) is 23.8 Å². The van der Waals surface area contributed by atoms with Crippen LogP contribution in [0.25, 0.3) is 0 Å². The lowest BCUT2D eigenvalue weighted by Crippen LogP contribution is -2.16. The maximum Gasteiger partial charge on any atom is 0.416 e. The van der Waals surface area contributed by atoms with Crippen LogP contribution in [0.3, 0.4) is 0 Å². The molecule has 0 aliphatic carbocycles. The highest BCUT2D eigenvalue weighted by Crippen LogP contribution is 2.31. The number of anilines is 2. The number of halogens is 3. The van der Waals surface area contributed by atoms with Crippen molar-refractivity contribution in [2.75, 3.05) is 11.1 Å². The first-order valence-electron chi connectivity index (χ1n) is 6.12. The van der Waals surface area contributed by atoms with Crippen LogP contribution < -0.4 is 11.1 Å². The van der Waals surface area contributed by atoms with Gasteiger partial charge in [-0.3, -0.25) is 4.79 Å². The van der Waals surface area contributed by atoms with Gasteiger partial charge in [0.15, 0.2) is 0 Å². The molecular formula is C15H13F3N2O. The van der Waals surface area contributed by atoms with Crippen molar-refractivity contribution in [3.63, 3.8) is 0 Å². The van der Waals surface area contributed by atoms with Gasteiger partial charge in [-0.2, -0.15) is 13.2 Å². The van der Waals surface area contributed by atoms with Gasteiger partial charge >= 0.3 is 6.18 Å². The largest absolute Gasteiger partial charge is 0.416 e. The standard InChI is InChI=1S/C15H13F3N2O/c1-9-2-5-11(6-3-9)20-14(21)12-8-10(15(16,17)18)4-7-13(12)19/h2-8H,19H2,1H3,(H,20,21). The van der Waals surface area contributed by atoms with E-state index < -0.39 is 17.6 Å². The fourth-order valence-corrected chi connectivity index (χ4v) is 1.76. The predicted molar refractivity (Wildman–Crippen MR) is 75.0 cm³/mol. The molecule has 0 aliphatic rings. The first-order chi connectivity index (χ1) is 9.77. The van der Waals surface area contributed by atoms with Gasteiger partial charge in [0, 0.05) is 11.4 Å². The van der Waals surface area contributed by atoms with E-state index in [9.17, 15) is 18.0 Å². The molecule has 2 rings (SSSR count). The molecule has 3 nitrogen and oxygen atoms in total. The second kappa shape index (κ2) is 5.47. The van der Waals surface area contributed by atoms with Gasteiger partial charge in [-0.1, -0.05) is 17.7 Å². The highest BCUT2D eigenvalue weighted by molar-refractivity contribution is 6.07. The van der Waals surface area contributed by atoms with Crippen LogP contribution in [-0.4, -0.2) is 5.91 Å². The van der Waals surface area contributed by atoms with Gasteiger partial charge in [0.05, 0.1) is 11.1 Å². The molecule has 2 aromatic carbocycles. The number of carbonyl (C=O) groups is 1. The lowest BCUT2D eigenvalue weighted by atomic mass is 10.1. The van der Waals surface area contributed by atoms with Crippen LogP contribution in [0.2, 0.25) is 0 Å². The molecule has 0 heterocycles. The molecule has 110 valence electrons. The van der Waals surface area contributed by atoms with Crippen molar-refractivity contribution < 1.29 is 18.0 Å². The number of rotatable bonds is 2. The van der Waals surface area contributed by atoms with Gasteiger partial charge in [0.25, 0.3) is 5.91 Å². The van der Waals surface area contributed by atoms with Crippen LogP contribution in [0, 0.1) is 6.92 Å². The molecule has 0 aliphatic heterocycles. The van der Waals surface area contributed by atoms with Crippen molar-refractivity contribution in [3.05, 3.63) is 59.2 Å². The van der Waals surface area contributed by atoms with Crippen molar-refractivity contribution in [3.8, 4) is 0 Å². The number of benzene rings is 2. The lowest BCUT2D eigenvalue weighted by Gasteiger charge is -2.11. The second-order valence-electron chi connectivity index (χ2n) is 4.62. The van der Waals surface area contributed by atoms with Crippen molar-refractivity contribution in [2.24, 2.45) is 0 Å². The Balaban J connectivity index is 2.28.